The largest absolute Gasteiger partial charge is 0.503 e. The van der Waals surface area contributed by atoms with Crippen LogP contribution in [0.3, 0.4) is 0 Å². The van der Waals surface area contributed by atoms with Gasteiger partial charge in [-0.15, -0.1) is 22.7 Å². The van der Waals surface area contributed by atoms with Crippen LogP contribution in [0.15, 0.2) is 53.4 Å². The maximum Gasteiger partial charge on any atom is 0.242 e. The fourth-order valence-corrected chi connectivity index (χ4v) is 4.40. The normalized spacial score (nSPS) is 10.9. The molecule has 0 saturated carbocycles. The summed E-state index contributed by atoms with van der Waals surface area (Å²) in [5.74, 6) is -0.581. The number of hydrogen-bond acceptors (Lipinski definition) is 7. The third-order valence-corrected chi connectivity index (χ3v) is 5.94. The molecule has 0 aliphatic heterocycles. The standard InChI is InChI=1S/C21H18N2O4S2/c1-2-10-27-14-7-5-13(6-8-14)18(24)16-17(15-4-3-11-28-15)23(20(26)19(16)25)21-22-9-12-29-21/h3-9,11-12,25-26H,2,10H2,1H3. The summed E-state index contributed by atoms with van der Waals surface area (Å²) in [5, 5.41) is 25.4. The number of ether oxygens (including phenoxy) is 1. The summed E-state index contributed by atoms with van der Waals surface area (Å²) < 4.78 is 6.98. The van der Waals surface area contributed by atoms with Gasteiger partial charge in [0.2, 0.25) is 5.88 Å². The Morgan fingerprint density at radius 3 is 2.55 bits per heavy atom. The fraction of sp³-hybridized carbons (Fsp3) is 0.143. The van der Waals surface area contributed by atoms with Crippen LogP contribution in [0, 0.1) is 0 Å². The van der Waals surface area contributed by atoms with E-state index in [0.29, 0.717) is 28.7 Å². The predicted octanol–water partition coefficient (Wildman–Crippen LogP) is 5.09. The highest BCUT2D eigenvalue weighted by Crippen LogP contribution is 2.45. The molecule has 6 nitrogen and oxygen atoms in total. The van der Waals surface area contributed by atoms with Gasteiger partial charge in [0, 0.05) is 17.1 Å². The SMILES string of the molecule is CCCOc1ccc(C(=O)c2c(O)c(O)n(-c3nccs3)c2-c2cccs2)cc1. The lowest BCUT2D eigenvalue weighted by Crippen LogP contribution is -2.04. The van der Waals surface area contributed by atoms with Crippen molar-refractivity contribution in [2.75, 3.05) is 6.61 Å². The van der Waals surface area contributed by atoms with Crippen LogP contribution in [0.5, 0.6) is 17.4 Å². The number of benzene rings is 1. The molecule has 3 aromatic heterocycles. The van der Waals surface area contributed by atoms with Crippen molar-refractivity contribution in [2.24, 2.45) is 0 Å². The number of carbonyl (C=O) groups excluding carboxylic acids is 1. The molecule has 29 heavy (non-hydrogen) atoms. The van der Waals surface area contributed by atoms with Crippen molar-refractivity contribution in [3.8, 4) is 33.1 Å². The van der Waals surface area contributed by atoms with Gasteiger partial charge in [0.1, 0.15) is 5.75 Å². The Hall–Kier alpha value is -3.10. The molecular formula is C21H18N2O4S2. The molecule has 0 radical (unpaired) electrons. The Kier molecular flexibility index (Phi) is 5.37. The lowest BCUT2D eigenvalue weighted by Gasteiger charge is -2.08. The van der Waals surface area contributed by atoms with Gasteiger partial charge < -0.3 is 14.9 Å². The quantitative estimate of drug-likeness (QED) is 0.402. The molecule has 0 amide bonds. The van der Waals surface area contributed by atoms with Crippen LogP contribution in [0.25, 0.3) is 15.7 Å². The highest BCUT2D eigenvalue weighted by molar-refractivity contribution is 7.13. The van der Waals surface area contributed by atoms with Gasteiger partial charge in [-0.25, -0.2) is 4.98 Å². The summed E-state index contributed by atoms with van der Waals surface area (Å²) >= 11 is 2.71. The number of thiazole rings is 1. The second-order valence-corrected chi connectivity index (χ2v) is 8.05. The van der Waals surface area contributed by atoms with E-state index < -0.39 is 17.4 Å². The zero-order valence-corrected chi connectivity index (χ0v) is 17.2. The lowest BCUT2D eigenvalue weighted by molar-refractivity contribution is 0.103. The topological polar surface area (TPSA) is 84.6 Å². The molecule has 3 heterocycles. The number of thiophene rings is 1. The smallest absolute Gasteiger partial charge is 0.242 e. The molecule has 0 unspecified atom stereocenters. The number of hydrogen-bond donors (Lipinski definition) is 2. The molecule has 2 N–H and O–H groups in total. The number of aromatic nitrogens is 2. The highest BCUT2D eigenvalue weighted by atomic mass is 32.1. The molecule has 0 atom stereocenters. The Balaban J connectivity index is 1.83. The van der Waals surface area contributed by atoms with E-state index in [4.69, 9.17) is 4.74 Å². The molecule has 0 bridgehead atoms. The first-order chi connectivity index (χ1) is 14.1. The summed E-state index contributed by atoms with van der Waals surface area (Å²) in [6.45, 7) is 2.62. The van der Waals surface area contributed by atoms with E-state index in [1.807, 2.05) is 24.4 Å². The van der Waals surface area contributed by atoms with Crippen LogP contribution in [0.1, 0.15) is 29.3 Å². The minimum Gasteiger partial charge on any atom is -0.503 e. The summed E-state index contributed by atoms with van der Waals surface area (Å²) in [6, 6.07) is 10.4. The molecule has 0 aliphatic carbocycles. The first-order valence-corrected chi connectivity index (χ1v) is 10.8. The van der Waals surface area contributed by atoms with Crippen molar-refractivity contribution < 1.29 is 19.7 Å². The number of carbonyl (C=O) groups is 1. The molecule has 4 aromatic rings. The minimum atomic E-state index is -0.458. The van der Waals surface area contributed by atoms with Crippen LogP contribution in [-0.4, -0.2) is 32.2 Å². The highest BCUT2D eigenvalue weighted by Gasteiger charge is 2.31. The molecular weight excluding hydrogens is 408 g/mol. The van der Waals surface area contributed by atoms with E-state index in [1.54, 1.807) is 35.8 Å². The van der Waals surface area contributed by atoms with E-state index >= 15 is 0 Å². The van der Waals surface area contributed by atoms with E-state index in [9.17, 15) is 15.0 Å². The van der Waals surface area contributed by atoms with Crippen LogP contribution in [-0.2, 0) is 0 Å². The third-order valence-electron chi connectivity index (χ3n) is 4.30. The Morgan fingerprint density at radius 2 is 1.93 bits per heavy atom. The zero-order chi connectivity index (χ0) is 20.4. The monoisotopic (exact) mass is 426 g/mol. The first kappa shape index (κ1) is 19.2. The molecule has 0 saturated heterocycles. The second-order valence-electron chi connectivity index (χ2n) is 6.23. The lowest BCUT2D eigenvalue weighted by atomic mass is 10.0. The maximum absolute atomic E-state index is 13.3. The molecule has 0 aliphatic rings. The van der Waals surface area contributed by atoms with E-state index in [1.165, 1.54) is 27.2 Å². The van der Waals surface area contributed by atoms with Gasteiger partial charge in [0.15, 0.2) is 16.7 Å². The van der Waals surface area contributed by atoms with Crippen LogP contribution in [0.4, 0.5) is 0 Å². The number of ketones is 1. The van der Waals surface area contributed by atoms with Crippen LogP contribution >= 0.6 is 22.7 Å². The number of rotatable bonds is 7. The van der Waals surface area contributed by atoms with Crippen molar-refractivity contribution in [1.82, 2.24) is 9.55 Å². The van der Waals surface area contributed by atoms with Crippen LogP contribution in [0.2, 0.25) is 0 Å². The van der Waals surface area contributed by atoms with Crippen molar-refractivity contribution in [1.29, 1.82) is 0 Å². The third kappa shape index (κ3) is 3.52. The molecule has 1 aromatic carbocycles. The number of nitrogens with zero attached hydrogens (tertiary/aromatic N) is 2. The predicted molar refractivity (Wildman–Crippen MR) is 114 cm³/mol. The average Bonchev–Trinajstić information content (AvgIpc) is 3.48. The fourth-order valence-electron chi connectivity index (χ4n) is 2.99. The number of aromatic hydroxyl groups is 2. The van der Waals surface area contributed by atoms with E-state index in [2.05, 4.69) is 4.98 Å². The molecule has 0 fully saturated rings. The van der Waals surface area contributed by atoms with Gasteiger partial charge in [-0.3, -0.25) is 9.36 Å². The minimum absolute atomic E-state index is 0.0439. The van der Waals surface area contributed by atoms with Crippen molar-refractivity contribution in [3.05, 3.63) is 64.5 Å². The van der Waals surface area contributed by atoms with Crippen LogP contribution < -0.4 is 4.74 Å². The van der Waals surface area contributed by atoms with E-state index in [-0.39, 0.29) is 5.56 Å². The van der Waals surface area contributed by atoms with Gasteiger partial charge in [0.05, 0.1) is 22.7 Å². The zero-order valence-electron chi connectivity index (χ0n) is 15.5. The van der Waals surface area contributed by atoms with Gasteiger partial charge in [0.25, 0.3) is 0 Å². The van der Waals surface area contributed by atoms with Gasteiger partial charge >= 0.3 is 0 Å². The van der Waals surface area contributed by atoms with Crippen molar-refractivity contribution in [2.45, 2.75) is 13.3 Å². The first-order valence-electron chi connectivity index (χ1n) is 8.99. The molecule has 0 spiro atoms. The summed E-state index contributed by atoms with van der Waals surface area (Å²) in [5.41, 5.74) is 0.849. The molecule has 4 rings (SSSR count). The second kappa shape index (κ2) is 8.10. The van der Waals surface area contributed by atoms with Gasteiger partial charge in [-0.05, 0) is 42.1 Å². The summed E-state index contributed by atoms with van der Waals surface area (Å²) in [4.78, 5) is 18.3. The average molecular weight is 427 g/mol. The van der Waals surface area contributed by atoms with Crippen molar-refractivity contribution in [3.63, 3.8) is 0 Å². The Labute approximate surface area is 175 Å². The summed E-state index contributed by atoms with van der Waals surface area (Å²) in [7, 11) is 0. The summed E-state index contributed by atoms with van der Waals surface area (Å²) in [6.07, 6.45) is 2.49. The van der Waals surface area contributed by atoms with Crippen molar-refractivity contribution >= 4 is 28.5 Å². The molecule has 148 valence electrons. The maximum atomic E-state index is 13.3. The Morgan fingerprint density at radius 1 is 1.14 bits per heavy atom. The van der Waals surface area contributed by atoms with Gasteiger partial charge in [-0.2, -0.15) is 0 Å². The van der Waals surface area contributed by atoms with E-state index in [0.717, 1.165) is 11.3 Å². The molecule has 8 heteroatoms. The van der Waals surface area contributed by atoms with Gasteiger partial charge in [-0.1, -0.05) is 13.0 Å². The Bertz CT molecular complexity index is 1110.